The van der Waals surface area contributed by atoms with Crippen LogP contribution in [0.3, 0.4) is 0 Å². The van der Waals surface area contributed by atoms with Crippen molar-refractivity contribution >= 4 is 5.97 Å². The molecule has 0 aliphatic heterocycles. The summed E-state index contributed by atoms with van der Waals surface area (Å²) in [6.45, 7) is 2.49. The lowest BCUT2D eigenvalue weighted by Crippen LogP contribution is -2.19. The number of ether oxygens (including phenoxy) is 3. The average Bonchev–Trinajstić information content (AvgIpc) is 2.81. The summed E-state index contributed by atoms with van der Waals surface area (Å²) in [7, 11) is 1.65. The van der Waals surface area contributed by atoms with Crippen LogP contribution in [0, 0.1) is 0 Å². The van der Waals surface area contributed by atoms with E-state index in [0.717, 1.165) is 35.5 Å². The number of esters is 1. The highest BCUT2D eigenvalue weighted by Crippen LogP contribution is 2.36. The minimum absolute atomic E-state index is 0.105. The molecule has 0 amide bonds. The third-order valence-corrected chi connectivity index (χ3v) is 3.37. The van der Waals surface area contributed by atoms with Crippen LogP contribution in [-0.4, -0.2) is 32.3 Å². The van der Waals surface area contributed by atoms with Gasteiger partial charge in [0.1, 0.15) is 11.5 Å². The minimum atomic E-state index is -0.241. The summed E-state index contributed by atoms with van der Waals surface area (Å²) in [6.07, 6.45) is 1.83. The molecule has 110 valence electrons. The second-order valence-corrected chi connectivity index (χ2v) is 4.79. The van der Waals surface area contributed by atoms with E-state index in [-0.39, 0.29) is 18.4 Å². The monoisotopic (exact) mass is 279 g/mol. The third-order valence-electron chi connectivity index (χ3n) is 3.37. The molecule has 1 aromatic carbocycles. The number of carbonyl (C=O) groups excluding carboxylic acids is 1. The summed E-state index contributed by atoms with van der Waals surface area (Å²) < 4.78 is 15.9. The standard InChI is InChI=1S/C15H21NO4/c1-3-19-15(17)6-7-20-14-5-4-13(18-2)11-8-10(16)9-12(11)14/h4-5,10H,3,6-9,16H2,1-2H3. The van der Waals surface area contributed by atoms with Gasteiger partial charge in [-0.05, 0) is 31.9 Å². The number of rotatable bonds is 6. The van der Waals surface area contributed by atoms with Crippen molar-refractivity contribution < 1.29 is 19.0 Å². The maximum Gasteiger partial charge on any atom is 0.309 e. The normalized spacial score (nSPS) is 16.6. The van der Waals surface area contributed by atoms with Gasteiger partial charge in [0.05, 0.1) is 26.7 Å². The largest absolute Gasteiger partial charge is 0.496 e. The highest BCUT2D eigenvalue weighted by atomic mass is 16.5. The number of benzene rings is 1. The molecule has 1 aliphatic rings. The Kier molecular flexibility index (Phi) is 4.84. The van der Waals surface area contributed by atoms with Gasteiger partial charge in [-0.15, -0.1) is 0 Å². The van der Waals surface area contributed by atoms with E-state index in [0.29, 0.717) is 13.2 Å². The summed E-state index contributed by atoms with van der Waals surface area (Å²) in [4.78, 5) is 11.3. The molecule has 1 aromatic rings. The molecule has 2 N–H and O–H groups in total. The summed E-state index contributed by atoms with van der Waals surface area (Å²) in [6, 6.07) is 3.87. The van der Waals surface area contributed by atoms with Gasteiger partial charge < -0.3 is 19.9 Å². The molecule has 0 heterocycles. The average molecular weight is 279 g/mol. The van der Waals surface area contributed by atoms with Crippen molar-refractivity contribution in [3.05, 3.63) is 23.3 Å². The van der Waals surface area contributed by atoms with Gasteiger partial charge in [-0.3, -0.25) is 4.79 Å². The van der Waals surface area contributed by atoms with Crippen molar-refractivity contribution in [2.45, 2.75) is 32.2 Å². The number of hydrogen-bond donors (Lipinski definition) is 1. The van der Waals surface area contributed by atoms with Crippen LogP contribution in [0.15, 0.2) is 12.1 Å². The fourth-order valence-corrected chi connectivity index (χ4v) is 2.50. The van der Waals surface area contributed by atoms with Gasteiger partial charge in [-0.2, -0.15) is 0 Å². The van der Waals surface area contributed by atoms with Crippen LogP contribution in [0.25, 0.3) is 0 Å². The first-order valence-electron chi connectivity index (χ1n) is 6.88. The van der Waals surface area contributed by atoms with Crippen molar-refractivity contribution in [2.75, 3.05) is 20.3 Å². The maximum absolute atomic E-state index is 11.3. The fourth-order valence-electron chi connectivity index (χ4n) is 2.50. The molecule has 0 fully saturated rings. The van der Waals surface area contributed by atoms with Gasteiger partial charge >= 0.3 is 5.97 Å². The van der Waals surface area contributed by atoms with Gasteiger partial charge in [-0.25, -0.2) is 0 Å². The summed E-state index contributed by atoms with van der Waals surface area (Å²) in [5.74, 6) is 1.40. The van der Waals surface area contributed by atoms with E-state index in [2.05, 4.69) is 0 Å². The fraction of sp³-hybridized carbons (Fsp3) is 0.533. The first-order valence-corrected chi connectivity index (χ1v) is 6.88. The molecule has 0 spiro atoms. The van der Waals surface area contributed by atoms with Crippen LogP contribution in [0.1, 0.15) is 24.5 Å². The SMILES string of the molecule is CCOC(=O)CCOc1ccc(OC)c2c1CC(N)C2. The van der Waals surface area contributed by atoms with E-state index in [1.807, 2.05) is 12.1 Å². The Bertz CT molecular complexity index is 487. The molecule has 0 saturated heterocycles. The highest BCUT2D eigenvalue weighted by molar-refractivity contribution is 5.69. The van der Waals surface area contributed by atoms with Crippen LogP contribution in [-0.2, 0) is 22.4 Å². The first-order chi connectivity index (χ1) is 9.65. The van der Waals surface area contributed by atoms with Crippen molar-refractivity contribution in [3.63, 3.8) is 0 Å². The Morgan fingerprint density at radius 3 is 2.60 bits per heavy atom. The highest BCUT2D eigenvalue weighted by Gasteiger charge is 2.25. The topological polar surface area (TPSA) is 70.8 Å². The lowest BCUT2D eigenvalue weighted by atomic mass is 10.1. The number of fused-ring (bicyclic) bond motifs is 1. The van der Waals surface area contributed by atoms with Crippen LogP contribution in [0.2, 0.25) is 0 Å². The summed E-state index contributed by atoms with van der Waals surface area (Å²) in [5, 5.41) is 0. The van der Waals surface area contributed by atoms with Crippen LogP contribution in [0.4, 0.5) is 0 Å². The van der Waals surface area contributed by atoms with Crippen molar-refractivity contribution in [2.24, 2.45) is 5.73 Å². The number of nitrogens with two attached hydrogens (primary N) is 1. The Labute approximate surface area is 119 Å². The van der Waals surface area contributed by atoms with Crippen LogP contribution >= 0.6 is 0 Å². The first kappa shape index (κ1) is 14.7. The van der Waals surface area contributed by atoms with Gasteiger partial charge in [0.15, 0.2) is 0 Å². The molecule has 1 unspecified atom stereocenters. The van der Waals surface area contributed by atoms with Crippen LogP contribution in [0.5, 0.6) is 11.5 Å². The molecule has 0 saturated carbocycles. The number of carbonyl (C=O) groups is 1. The van der Waals surface area contributed by atoms with Crippen molar-refractivity contribution in [3.8, 4) is 11.5 Å². The number of methoxy groups -OCH3 is 1. The van der Waals surface area contributed by atoms with E-state index in [1.165, 1.54) is 0 Å². The van der Waals surface area contributed by atoms with E-state index in [1.54, 1.807) is 14.0 Å². The Morgan fingerprint density at radius 2 is 1.95 bits per heavy atom. The van der Waals surface area contributed by atoms with Gasteiger partial charge in [-0.1, -0.05) is 0 Å². The molecule has 5 heteroatoms. The van der Waals surface area contributed by atoms with Gasteiger partial charge in [0, 0.05) is 17.2 Å². The Hall–Kier alpha value is -1.75. The molecule has 5 nitrogen and oxygen atoms in total. The molecule has 1 atom stereocenters. The zero-order chi connectivity index (χ0) is 14.5. The van der Waals surface area contributed by atoms with E-state index >= 15 is 0 Å². The van der Waals surface area contributed by atoms with E-state index in [9.17, 15) is 4.79 Å². The Balaban J connectivity index is 2.03. The van der Waals surface area contributed by atoms with E-state index in [4.69, 9.17) is 19.9 Å². The predicted octanol–water partition coefficient (Wildman–Crippen LogP) is 1.45. The summed E-state index contributed by atoms with van der Waals surface area (Å²) in [5.41, 5.74) is 8.23. The predicted molar refractivity (Wildman–Crippen MR) is 75.1 cm³/mol. The minimum Gasteiger partial charge on any atom is -0.496 e. The molecule has 1 aliphatic carbocycles. The molecule has 2 rings (SSSR count). The zero-order valence-electron chi connectivity index (χ0n) is 12.0. The van der Waals surface area contributed by atoms with Crippen molar-refractivity contribution in [1.82, 2.24) is 0 Å². The van der Waals surface area contributed by atoms with E-state index < -0.39 is 0 Å². The molecule has 20 heavy (non-hydrogen) atoms. The second-order valence-electron chi connectivity index (χ2n) is 4.79. The lowest BCUT2D eigenvalue weighted by molar-refractivity contribution is -0.143. The maximum atomic E-state index is 11.3. The van der Waals surface area contributed by atoms with Crippen LogP contribution < -0.4 is 15.2 Å². The molecule has 0 aromatic heterocycles. The third kappa shape index (κ3) is 3.22. The zero-order valence-corrected chi connectivity index (χ0v) is 12.0. The summed E-state index contributed by atoms with van der Waals surface area (Å²) >= 11 is 0. The second kappa shape index (κ2) is 6.61. The molecule has 0 bridgehead atoms. The van der Waals surface area contributed by atoms with Crippen molar-refractivity contribution in [1.29, 1.82) is 0 Å². The molecular weight excluding hydrogens is 258 g/mol. The smallest absolute Gasteiger partial charge is 0.309 e. The number of hydrogen-bond acceptors (Lipinski definition) is 5. The lowest BCUT2D eigenvalue weighted by Gasteiger charge is -2.13. The van der Waals surface area contributed by atoms with Gasteiger partial charge in [0.2, 0.25) is 0 Å². The van der Waals surface area contributed by atoms with Gasteiger partial charge in [0.25, 0.3) is 0 Å². The quantitative estimate of drug-likeness (QED) is 0.798. The molecular formula is C15H21NO4. The Morgan fingerprint density at radius 1 is 1.30 bits per heavy atom. The molecule has 0 radical (unpaired) electrons.